The molecule has 0 radical (unpaired) electrons. The van der Waals surface area contributed by atoms with Crippen molar-refractivity contribution >= 4 is 11.7 Å². The molecular weight excluding hydrogens is 266 g/mol. The van der Waals surface area contributed by atoms with Crippen molar-refractivity contribution in [2.75, 3.05) is 13.6 Å². The van der Waals surface area contributed by atoms with Crippen molar-refractivity contribution in [3.05, 3.63) is 11.9 Å². The third-order valence-electron chi connectivity index (χ3n) is 4.05. The Bertz CT molecular complexity index is 444. The smallest absolute Gasteiger partial charge is 0.342 e. The predicted octanol–water partition coefficient (Wildman–Crippen LogP) is 1.51. The van der Waals surface area contributed by atoms with E-state index in [2.05, 4.69) is 0 Å². The highest BCUT2D eigenvalue weighted by molar-refractivity contribution is 6.02. The first-order chi connectivity index (χ1) is 9.38. The average Bonchev–Trinajstić information content (AvgIpc) is 2.50. The third-order valence-corrected chi connectivity index (χ3v) is 4.05. The maximum absolute atomic E-state index is 14.0. The van der Waals surface area contributed by atoms with Crippen molar-refractivity contribution in [1.29, 1.82) is 5.41 Å². The van der Waals surface area contributed by atoms with Gasteiger partial charge in [0.05, 0.1) is 6.54 Å². The summed E-state index contributed by atoms with van der Waals surface area (Å²) in [5.74, 6) is -4.90. The van der Waals surface area contributed by atoms with Crippen LogP contribution >= 0.6 is 0 Å². The minimum Gasteiger partial charge on any atom is -0.403 e. The average molecular weight is 286 g/mol. The van der Waals surface area contributed by atoms with Gasteiger partial charge < -0.3 is 15.5 Å². The number of likely N-dealkylation sites (N-methyl/N-ethyl adjacent to an activating group) is 1. The maximum atomic E-state index is 14.0. The lowest BCUT2D eigenvalue weighted by molar-refractivity contribution is -0.154. The normalized spacial score (nSPS) is 27.1. The molecule has 0 spiro atoms. The van der Waals surface area contributed by atoms with Gasteiger partial charge in [-0.05, 0) is 12.8 Å². The van der Waals surface area contributed by atoms with E-state index in [1.807, 2.05) is 0 Å². The highest BCUT2D eigenvalue weighted by Gasteiger charge is 2.49. The predicted molar refractivity (Wildman–Crippen MR) is 71.3 cm³/mol. The molecule has 3 N–H and O–H groups in total. The summed E-state index contributed by atoms with van der Waals surface area (Å²) in [5.41, 5.74) is 5.47. The van der Waals surface area contributed by atoms with Gasteiger partial charge in [0.1, 0.15) is 11.5 Å². The van der Waals surface area contributed by atoms with E-state index in [0.717, 1.165) is 43.2 Å². The molecular formula is C13H20F2N4O. The molecule has 0 atom stereocenters. The molecule has 2 rings (SSSR count). The number of rotatable bonds is 1. The molecule has 1 aliphatic carbocycles. The van der Waals surface area contributed by atoms with Gasteiger partial charge in [-0.1, -0.05) is 19.3 Å². The van der Waals surface area contributed by atoms with Crippen molar-refractivity contribution in [2.45, 2.75) is 44.1 Å². The van der Waals surface area contributed by atoms with Crippen LogP contribution in [-0.4, -0.2) is 47.1 Å². The maximum Gasteiger partial charge on any atom is 0.342 e. The highest BCUT2D eigenvalue weighted by atomic mass is 19.3. The van der Waals surface area contributed by atoms with E-state index < -0.39 is 18.4 Å². The van der Waals surface area contributed by atoms with Crippen LogP contribution in [0.1, 0.15) is 32.1 Å². The monoisotopic (exact) mass is 286 g/mol. The number of carbonyl (C=O) groups is 1. The Morgan fingerprint density at radius 1 is 1.35 bits per heavy atom. The first kappa shape index (κ1) is 14.7. The number of alkyl halides is 2. The summed E-state index contributed by atoms with van der Waals surface area (Å²) < 4.78 is 28.0. The topological polar surface area (TPSA) is 73.4 Å². The van der Waals surface area contributed by atoms with E-state index in [4.69, 9.17) is 11.1 Å². The zero-order valence-corrected chi connectivity index (χ0v) is 11.5. The standard InChI is InChI=1S/C13H20F2N4O/c1-18-10(7-16)11(17)19(8-13(14,15)12(18)20)9-5-3-2-4-6-9/h7,9,17H,2-6,8,16H2,1H3/b10-7+,17-11?. The molecule has 2 fully saturated rings. The number of nitrogens with one attached hydrogen (secondary N) is 1. The Kier molecular flexibility index (Phi) is 3.96. The fourth-order valence-corrected chi connectivity index (χ4v) is 2.92. The van der Waals surface area contributed by atoms with Crippen LogP contribution in [0.4, 0.5) is 8.78 Å². The molecule has 1 heterocycles. The quantitative estimate of drug-likeness (QED) is 0.767. The second-order valence-corrected chi connectivity index (χ2v) is 5.39. The zero-order chi connectivity index (χ0) is 14.9. The second kappa shape index (κ2) is 5.38. The van der Waals surface area contributed by atoms with Gasteiger partial charge in [0, 0.05) is 19.3 Å². The molecule has 1 aliphatic heterocycles. The van der Waals surface area contributed by atoms with E-state index in [1.54, 1.807) is 0 Å². The Labute approximate surface area is 116 Å². The van der Waals surface area contributed by atoms with Gasteiger partial charge in [-0.15, -0.1) is 0 Å². The number of nitrogens with two attached hydrogens (primary N) is 1. The number of hydrogen-bond acceptors (Lipinski definition) is 3. The van der Waals surface area contributed by atoms with Gasteiger partial charge in [-0.25, -0.2) is 0 Å². The molecule has 0 aromatic heterocycles. The summed E-state index contributed by atoms with van der Waals surface area (Å²) in [6.07, 6.45) is 5.61. The first-order valence-corrected chi connectivity index (χ1v) is 6.82. The van der Waals surface area contributed by atoms with Crippen LogP contribution in [0.25, 0.3) is 0 Å². The van der Waals surface area contributed by atoms with Crippen molar-refractivity contribution in [1.82, 2.24) is 9.80 Å². The van der Waals surface area contributed by atoms with Crippen LogP contribution in [0.5, 0.6) is 0 Å². The molecule has 1 saturated carbocycles. The molecule has 0 unspecified atom stereocenters. The van der Waals surface area contributed by atoms with Crippen molar-refractivity contribution in [2.24, 2.45) is 5.73 Å². The van der Waals surface area contributed by atoms with E-state index in [1.165, 1.54) is 11.9 Å². The molecule has 112 valence electrons. The SMILES string of the molecule is CN1C(=O)C(F)(F)CN(C2CCCCC2)C(=N)/C1=C\N. The molecule has 20 heavy (non-hydrogen) atoms. The molecule has 1 saturated heterocycles. The number of amides is 1. The fraction of sp³-hybridized carbons (Fsp3) is 0.692. The summed E-state index contributed by atoms with van der Waals surface area (Å²) >= 11 is 0. The van der Waals surface area contributed by atoms with Gasteiger partial charge in [-0.3, -0.25) is 10.2 Å². The Hall–Kier alpha value is -1.66. The van der Waals surface area contributed by atoms with E-state index >= 15 is 0 Å². The van der Waals surface area contributed by atoms with Gasteiger partial charge in [-0.2, -0.15) is 8.78 Å². The third kappa shape index (κ3) is 2.48. The summed E-state index contributed by atoms with van der Waals surface area (Å²) in [7, 11) is 1.23. The van der Waals surface area contributed by atoms with Gasteiger partial charge in [0.25, 0.3) is 5.91 Å². The van der Waals surface area contributed by atoms with Crippen LogP contribution in [0.2, 0.25) is 0 Å². The molecule has 0 aromatic carbocycles. The number of nitrogens with zero attached hydrogens (tertiary/aromatic N) is 2. The van der Waals surface area contributed by atoms with Gasteiger partial charge >= 0.3 is 5.92 Å². The molecule has 7 heteroatoms. The minimum absolute atomic E-state index is 0.0396. The minimum atomic E-state index is -3.50. The van der Waals surface area contributed by atoms with Gasteiger partial charge in [0.15, 0.2) is 0 Å². The Morgan fingerprint density at radius 3 is 2.50 bits per heavy atom. The van der Waals surface area contributed by atoms with Crippen LogP contribution < -0.4 is 5.73 Å². The van der Waals surface area contributed by atoms with E-state index in [-0.39, 0.29) is 17.6 Å². The lowest BCUT2D eigenvalue weighted by Gasteiger charge is -2.36. The number of carbonyl (C=O) groups excluding carboxylic acids is 1. The molecule has 1 amide bonds. The largest absolute Gasteiger partial charge is 0.403 e. The second-order valence-electron chi connectivity index (χ2n) is 5.39. The lowest BCUT2D eigenvalue weighted by atomic mass is 9.93. The van der Waals surface area contributed by atoms with Gasteiger partial charge in [0.2, 0.25) is 0 Å². The fourth-order valence-electron chi connectivity index (χ4n) is 2.92. The zero-order valence-electron chi connectivity index (χ0n) is 11.5. The molecule has 2 aliphatic rings. The number of amidine groups is 1. The highest BCUT2D eigenvalue weighted by Crippen LogP contribution is 2.31. The first-order valence-electron chi connectivity index (χ1n) is 6.82. The summed E-state index contributed by atoms with van der Waals surface area (Å²) in [4.78, 5) is 13.9. The van der Waals surface area contributed by atoms with Crippen molar-refractivity contribution < 1.29 is 13.6 Å². The van der Waals surface area contributed by atoms with Crippen LogP contribution in [0.3, 0.4) is 0 Å². The van der Waals surface area contributed by atoms with Crippen molar-refractivity contribution in [3.8, 4) is 0 Å². The summed E-state index contributed by atoms with van der Waals surface area (Å²) in [6.45, 7) is -0.739. The molecule has 0 bridgehead atoms. The van der Waals surface area contributed by atoms with Crippen LogP contribution in [0, 0.1) is 5.41 Å². The Morgan fingerprint density at radius 2 is 1.95 bits per heavy atom. The van der Waals surface area contributed by atoms with E-state index in [9.17, 15) is 13.6 Å². The summed E-state index contributed by atoms with van der Waals surface area (Å²) in [6, 6.07) is -0.114. The number of halogens is 2. The molecule has 5 nitrogen and oxygen atoms in total. The van der Waals surface area contributed by atoms with Crippen LogP contribution in [-0.2, 0) is 4.79 Å². The van der Waals surface area contributed by atoms with E-state index in [0.29, 0.717) is 0 Å². The van der Waals surface area contributed by atoms with Crippen molar-refractivity contribution in [3.63, 3.8) is 0 Å². The summed E-state index contributed by atoms with van der Waals surface area (Å²) in [5, 5.41) is 8.13. The number of hydrogen-bond donors (Lipinski definition) is 2. The van der Waals surface area contributed by atoms with Crippen LogP contribution in [0.15, 0.2) is 11.9 Å². The molecule has 0 aromatic rings. The lowest BCUT2D eigenvalue weighted by Crippen LogP contribution is -2.48. The Balaban J connectivity index is 2.35.